The van der Waals surface area contributed by atoms with Gasteiger partial charge in [0, 0.05) is 0 Å². The first-order valence-electron chi connectivity index (χ1n) is 8.77. The maximum atomic E-state index is 12.0. The van der Waals surface area contributed by atoms with Crippen LogP contribution in [-0.2, 0) is 4.79 Å². The molecule has 2 nitrogen and oxygen atoms in total. The van der Waals surface area contributed by atoms with Crippen LogP contribution in [0.25, 0.3) is 17.2 Å². The van der Waals surface area contributed by atoms with Gasteiger partial charge in [-0.05, 0) is 61.1 Å². The summed E-state index contributed by atoms with van der Waals surface area (Å²) in [5, 5.41) is 0. The van der Waals surface area contributed by atoms with Crippen LogP contribution < -0.4 is 4.74 Å². The lowest BCUT2D eigenvalue weighted by molar-refractivity contribution is -0.112. The number of carbonyl (C=O) groups is 1. The lowest BCUT2D eigenvalue weighted by Gasteiger charge is -2.07. The molecule has 0 spiro atoms. The summed E-state index contributed by atoms with van der Waals surface area (Å²) in [6.07, 6.45) is 6.92. The maximum absolute atomic E-state index is 12.0. The van der Waals surface area contributed by atoms with Crippen LogP contribution in [0.15, 0.2) is 54.6 Å². The highest BCUT2D eigenvalue weighted by Crippen LogP contribution is 2.23. The van der Waals surface area contributed by atoms with E-state index in [4.69, 9.17) is 4.74 Å². The average molecular weight is 340 g/mol. The summed E-state index contributed by atoms with van der Waals surface area (Å²) in [5.74, 6) is 0.900. The third kappa shape index (κ3) is 6.92. The quantitative estimate of drug-likeness (QED) is 0.400. The van der Waals surface area contributed by atoms with Crippen LogP contribution in [0.5, 0.6) is 5.75 Å². The number of hydrogen-bond acceptors (Lipinski definition) is 2. The van der Waals surface area contributed by atoms with Crippen LogP contribution in [0.1, 0.15) is 38.2 Å². The second-order valence-corrected chi connectivity index (χ2v) is 6.04. The fourth-order valence-electron chi connectivity index (χ4n) is 2.48. The van der Waals surface area contributed by atoms with Crippen molar-refractivity contribution >= 4 is 11.9 Å². The fraction of sp³-hybridized carbons (Fsp3) is 0.318. The van der Waals surface area contributed by atoms with E-state index in [9.17, 15) is 9.18 Å². The Labute approximate surface area is 149 Å². The topological polar surface area (TPSA) is 26.3 Å². The highest BCUT2D eigenvalue weighted by molar-refractivity contribution is 5.91. The van der Waals surface area contributed by atoms with Crippen molar-refractivity contribution < 1.29 is 13.9 Å². The van der Waals surface area contributed by atoms with E-state index in [0.29, 0.717) is 13.0 Å². The van der Waals surface area contributed by atoms with Gasteiger partial charge in [0.25, 0.3) is 0 Å². The molecular weight excluding hydrogens is 315 g/mol. The molecule has 0 aliphatic carbocycles. The minimum Gasteiger partial charge on any atom is -0.494 e. The fourth-order valence-corrected chi connectivity index (χ4v) is 2.48. The predicted molar refractivity (Wildman–Crippen MR) is 102 cm³/mol. The first kappa shape index (κ1) is 18.9. The van der Waals surface area contributed by atoms with Gasteiger partial charge in [0.05, 0.1) is 13.3 Å². The summed E-state index contributed by atoms with van der Waals surface area (Å²) in [6.45, 7) is 1.98. The molecule has 2 rings (SSSR count). The van der Waals surface area contributed by atoms with E-state index in [1.54, 1.807) is 13.0 Å². The van der Waals surface area contributed by atoms with E-state index in [-0.39, 0.29) is 12.5 Å². The van der Waals surface area contributed by atoms with Crippen LogP contribution in [0.3, 0.4) is 0 Å². The summed E-state index contributed by atoms with van der Waals surface area (Å²) in [5.41, 5.74) is 3.25. The Morgan fingerprint density at radius 1 is 0.920 bits per heavy atom. The van der Waals surface area contributed by atoms with Crippen LogP contribution in [0.4, 0.5) is 4.39 Å². The highest BCUT2D eigenvalue weighted by atomic mass is 19.1. The number of hydrogen-bond donors (Lipinski definition) is 0. The minimum atomic E-state index is -0.226. The van der Waals surface area contributed by atoms with Gasteiger partial charge in [-0.25, -0.2) is 0 Å². The smallest absolute Gasteiger partial charge is 0.152 e. The zero-order valence-corrected chi connectivity index (χ0v) is 14.7. The van der Waals surface area contributed by atoms with Crippen molar-refractivity contribution in [2.45, 2.75) is 32.6 Å². The van der Waals surface area contributed by atoms with E-state index in [0.717, 1.165) is 41.7 Å². The molecule has 0 N–H and O–H groups in total. The zero-order valence-electron chi connectivity index (χ0n) is 14.7. The number of ether oxygens (including phenoxy) is 1. The molecule has 0 aliphatic rings. The van der Waals surface area contributed by atoms with Crippen molar-refractivity contribution in [3.05, 3.63) is 60.2 Å². The summed E-state index contributed by atoms with van der Waals surface area (Å²) in [4.78, 5) is 11.0. The van der Waals surface area contributed by atoms with Crippen molar-refractivity contribution in [3.63, 3.8) is 0 Å². The van der Waals surface area contributed by atoms with Crippen LogP contribution in [-0.4, -0.2) is 19.1 Å². The van der Waals surface area contributed by atoms with Gasteiger partial charge in [-0.1, -0.05) is 48.9 Å². The van der Waals surface area contributed by atoms with Crippen molar-refractivity contribution in [1.29, 1.82) is 0 Å². The molecule has 0 fully saturated rings. The molecule has 0 aliphatic heterocycles. The Kier molecular flexibility index (Phi) is 7.90. The van der Waals surface area contributed by atoms with E-state index < -0.39 is 0 Å². The van der Waals surface area contributed by atoms with Gasteiger partial charge < -0.3 is 4.74 Å². The molecule has 0 bridgehead atoms. The summed E-state index contributed by atoms with van der Waals surface area (Å²) in [7, 11) is 0. The third-order valence-corrected chi connectivity index (χ3v) is 3.91. The molecule has 2 aromatic carbocycles. The highest BCUT2D eigenvalue weighted by Gasteiger charge is 1.99. The lowest BCUT2D eigenvalue weighted by Crippen LogP contribution is -1.97. The number of halogens is 1. The Bertz CT molecular complexity index is 672. The van der Waals surface area contributed by atoms with Gasteiger partial charge in [0.1, 0.15) is 5.75 Å². The molecule has 0 saturated heterocycles. The number of rotatable bonds is 10. The number of allylic oxidation sites excluding steroid dienone is 1. The number of unbranched alkanes of at least 4 members (excludes halogenated alkanes) is 3. The molecular formula is C22H25FO2. The van der Waals surface area contributed by atoms with E-state index in [1.807, 2.05) is 54.6 Å². The maximum Gasteiger partial charge on any atom is 0.152 e. The summed E-state index contributed by atoms with van der Waals surface area (Å²) >= 11 is 0. The van der Waals surface area contributed by atoms with Gasteiger partial charge >= 0.3 is 0 Å². The van der Waals surface area contributed by atoms with Gasteiger partial charge in [-0.2, -0.15) is 0 Å². The standard InChI is InChI=1S/C22H25FO2/c1-18(24)6-7-19-8-10-20(11-9-19)21-12-14-22(15-13-21)25-17-5-3-2-4-16-23/h6-15H,2-5,16-17H2,1H3. The Balaban J connectivity index is 1.86. The van der Waals surface area contributed by atoms with Crippen LogP contribution in [0, 0.1) is 0 Å². The van der Waals surface area contributed by atoms with Gasteiger partial charge in [-0.15, -0.1) is 0 Å². The van der Waals surface area contributed by atoms with Gasteiger partial charge in [0.2, 0.25) is 0 Å². The number of benzene rings is 2. The van der Waals surface area contributed by atoms with E-state index >= 15 is 0 Å². The molecule has 0 heterocycles. The first-order chi connectivity index (χ1) is 12.2. The minimum absolute atomic E-state index is 0.0436. The predicted octanol–water partition coefficient (Wildman–Crippen LogP) is 5.86. The van der Waals surface area contributed by atoms with Gasteiger partial charge in [-0.3, -0.25) is 9.18 Å². The summed E-state index contributed by atoms with van der Waals surface area (Å²) in [6, 6.07) is 16.1. The molecule has 2 aromatic rings. The SMILES string of the molecule is CC(=O)C=Cc1ccc(-c2ccc(OCCCCCCF)cc2)cc1. The largest absolute Gasteiger partial charge is 0.494 e. The summed E-state index contributed by atoms with van der Waals surface area (Å²) < 4.78 is 17.7. The molecule has 25 heavy (non-hydrogen) atoms. The average Bonchev–Trinajstić information content (AvgIpc) is 2.64. The number of ketones is 1. The van der Waals surface area contributed by atoms with E-state index in [1.165, 1.54) is 0 Å². The van der Waals surface area contributed by atoms with Crippen molar-refractivity contribution in [1.82, 2.24) is 0 Å². The monoisotopic (exact) mass is 340 g/mol. The molecule has 0 unspecified atom stereocenters. The Morgan fingerprint density at radius 3 is 2.12 bits per heavy atom. The second kappa shape index (κ2) is 10.4. The van der Waals surface area contributed by atoms with Crippen LogP contribution in [0.2, 0.25) is 0 Å². The molecule has 0 aromatic heterocycles. The molecule has 0 amide bonds. The number of carbonyl (C=O) groups excluding carboxylic acids is 1. The second-order valence-electron chi connectivity index (χ2n) is 6.04. The molecule has 0 atom stereocenters. The van der Waals surface area contributed by atoms with Crippen molar-refractivity contribution in [3.8, 4) is 16.9 Å². The first-order valence-corrected chi connectivity index (χ1v) is 8.77. The Hall–Kier alpha value is -2.42. The van der Waals surface area contributed by atoms with Crippen molar-refractivity contribution in [2.24, 2.45) is 0 Å². The van der Waals surface area contributed by atoms with Gasteiger partial charge in [0.15, 0.2) is 5.78 Å². The van der Waals surface area contributed by atoms with Crippen molar-refractivity contribution in [2.75, 3.05) is 13.3 Å². The molecule has 3 heteroatoms. The lowest BCUT2D eigenvalue weighted by atomic mass is 10.0. The molecule has 132 valence electrons. The molecule has 0 saturated carbocycles. The molecule has 0 radical (unpaired) electrons. The van der Waals surface area contributed by atoms with E-state index in [2.05, 4.69) is 0 Å². The van der Waals surface area contributed by atoms with Crippen LogP contribution >= 0.6 is 0 Å². The third-order valence-electron chi connectivity index (χ3n) is 3.91. The normalized spacial score (nSPS) is 11.0. The number of alkyl halides is 1. The zero-order chi connectivity index (χ0) is 17.9. The Morgan fingerprint density at radius 2 is 1.52 bits per heavy atom.